The summed E-state index contributed by atoms with van der Waals surface area (Å²) >= 11 is 0. The molecule has 0 bridgehead atoms. The molecular formula is C16H16O5. The molecule has 0 aliphatic rings. The molecule has 1 atom stereocenters. The molecule has 0 saturated carbocycles. The van der Waals surface area contributed by atoms with Crippen LogP contribution in [0.15, 0.2) is 34.7 Å². The maximum Gasteiger partial charge on any atom is 0.339 e. The first-order valence-electron chi connectivity index (χ1n) is 6.41. The highest BCUT2D eigenvalue weighted by atomic mass is 16.5. The predicted molar refractivity (Wildman–Crippen MR) is 75.7 cm³/mol. The Morgan fingerprint density at radius 3 is 2.52 bits per heavy atom. The van der Waals surface area contributed by atoms with E-state index in [2.05, 4.69) is 0 Å². The van der Waals surface area contributed by atoms with E-state index in [0.717, 1.165) is 11.1 Å². The molecule has 0 aliphatic heterocycles. The van der Waals surface area contributed by atoms with E-state index >= 15 is 0 Å². The maximum atomic E-state index is 11.4. The number of methoxy groups -OCH3 is 1. The lowest BCUT2D eigenvalue weighted by atomic mass is 10.0. The van der Waals surface area contributed by atoms with E-state index in [1.807, 2.05) is 31.2 Å². The van der Waals surface area contributed by atoms with Crippen LogP contribution in [0.1, 0.15) is 50.8 Å². The fourth-order valence-electron chi connectivity index (χ4n) is 2.17. The third-order valence-corrected chi connectivity index (χ3v) is 3.16. The van der Waals surface area contributed by atoms with Crippen LogP contribution in [-0.4, -0.2) is 24.0 Å². The number of hydrogen-bond acceptors (Lipinski definition) is 4. The highest BCUT2D eigenvalue weighted by molar-refractivity contribution is 5.96. The first-order valence-corrected chi connectivity index (χ1v) is 6.41. The van der Waals surface area contributed by atoms with Crippen molar-refractivity contribution in [2.24, 2.45) is 0 Å². The van der Waals surface area contributed by atoms with E-state index in [4.69, 9.17) is 9.15 Å². The van der Waals surface area contributed by atoms with Gasteiger partial charge in [0.15, 0.2) is 17.3 Å². The SMILES string of the molecule is COC(c1cccc(C)c1)c1oc(C(C)=O)cc1C(=O)O. The van der Waals surface area contributed by atoms with Crippen LogP contribution in [0.5, 0.6) is 0 Å². The smallest absolute Gasteiger partial charge is 0.339 e. The van der Waals surface area contributed by atoms with E-state index in [1.54, 1.807) is 0 Å². The fraction of sp³-hybridized carbons (Fsp3) is 0.250. The quantitative estimate of drug-likeness (QED) is 0.855. The normalized spacial score (nSPS) is 12.1. The van der Waals surface area contributed by atoms with Gasteiger partial charge in [0, 0.05) is 20.1 Å². The van der Waals surface area contributed by atoms with Crippen LogP contribution >= 0.6 is 0 Å². The topological polar surface area (TPSA) is 76.7 Å². The monoisotopic (exact) mass is 288 g/mol. The van der Waals surface area contributed by atoms with E-state index in [0.29, 0.717) is 0 Å². The van der Waals surface area contributed by atoms with E-state index in [-0.39, 0.29) is 22.9 Å². The molecule has 0 saturated heterocycles. The summed E-state index contributed by atoms with van der Waals surface area (Å²) in [6, 6.07) is 8.73. The second-order valence-electron chi connectivity index (χ2n) is 4.78. The highest BCUT2D eigenvalue weighted by Gasteiger charge is 2.27. The third-order valence-electron chi connectivity index (χ3n) is 3.16. The first kappa shape index (κ1) is 15.0. The summed E-state index contributed by atoms with van der Waals surface area (Å²) in [6.45, 7) is 3.25. The summed E-state index contributed by atoms with van der Waals surface area (Å²) in [5, 5.41) is 9.28. The Morgan fingerprint density at radius 2 is 2.00 bits per heavy atom. The van der Waals surface area contributed by atoms with Gasteiger partial charge in [0.05, 0.1) is 0 Å². The number of aromatic carboxylic acids is 1. The maximum absolute atomic E-state index is 11.4. The van der Waals surface area contributed by atoms with Gasteiger partial charge < -0.3 is 14.3 Å². The van der Waals surface area contributed by atoms with Gasteiger partial charge in [-0.2, -0.15) is 0 Å². The predicted octanol–water partition coefficient (Wildman–Crippen LogP) is 3.22. The molecule has 5 heteroatoms. The number of hydrogen-bond donors (Lipinski definition) is 1. The van der Waals surface area contributed by atoms with Gasteiger partial charge in [-0.1, -0.05) is 29.8 Å². The van der Waals surface area contributed by atoms with Crippen LogP contribution in [-0.2, 0) is 4.74 Å². The Hall–Kier alpha value is -2.40. The average Bonchev–Trinajstić information content (AvgIpc) is 2.85. The van der Waals surface area contributed by atoms with Gasteiger partial charge in [0.25, 0.3) is 0 Å². The van der Waals surface area contributed by atoms with Crippen LogP contribution in [0.2, 0.25) is 0 Å². The van der Waals surface area contributed by atoms with Crippen molar-refractivity contribution in [2.45, 2.75) is 20.0 Å². The molecule has 1 N–H and O–H groups in total. The number of ketones is 1. The summed E-state index contributed by atoms with van der Waals surface area (Å²) in [5.41, 5.74) is 1.72. The third kappa shape index (κ3) is 3.03. The van der Waals surface area contributed by atoms with Crippen molar-refractivity contribution >= 4 is 11.8 Å². The summed E-state index contributed by atoms with van der Waals surface area (Å²) in [5.74, 6) is -1.35. The van der Waals surface area contributed by atoms with Gasteiger partial charge in [-0.25, -0.2) is 4.79 Å². The van der Waals surface area contributed by atoms with Crippen LogP contribution in [0, 0.1) is 6.92 Å². The van der Waals surface area contributed by atoms with Crippen LogP contribution in [0.4, 0.5) is 0 Å². The Bertz CT molecular complexity index is 684. The van der Waals surface area contributed by atoms with Crippen LogP contribution in [0.3, 0.4) is 0 Å². The van der Waals surface area contributed by atoms with E-state index in [9.17, 15) is 14.7 Å². The molecule has 0 spiro atoms. The summed E-state index contributed by atoms with van der Waals surface area (Å²) < 4.78 is 10.8. The standard InChI is InChI=1S/C16H16O5/c1-9-5-4-6-11(7-9)14(20-3)15-12(16(18)19)8-13(21-15)10(2)17/h4-8,14H,1-3H3,(H,18,19). The van der Waals surface area contributed by atoms with Crippen molar-refractivity contribution in [3.63, 3.8) is 0 Å². The minimum Gasteiger partial charge on any atom is -0.478 e. The number of carbonyl (C=O) groups excluding carboxylic acids is 1. The summed E-state index contributed by atoms with van der Waals surface area (Å²) in [7, 11) is 1.47. The van der Waals surface area contributed by atoms with Crippen molar-refractivity contribution in [3.05, 3.63) is 58.5 Å². The second-order valence-corrected chi connectivity index (χ2v) is 4.78. The molecule has 0 amide bonds. The molecule has 2 rings (SSSR count). The lowest BCUT2D eigenvalue weighted by Gasteiger charge is -2.15. The molecule has 21 heavy (non-hydrogen) atoms. The second kappa shape index (κ2) is 5.93. The molecule has 110 valence electrons. The van der Waals surface area contributed by atoms with Crippen LogP contribution < -0.4 is 0 Å². The van der Waals surface area contributed by atoms with E-state index < -0.39 is 12.1 Å². The molecule has 1 unspecified atom stereocenters. The van der Waals surface area contributed by atoms with Gasteiger partial charge in [-0.05, 0) is 12.5 Å². The van der Waals surface area contributed by atoms with Gasteiger partial charge in [-0.3, -0.25) is 4.79 Å². The van der Waals surface area contributed by atoms with Gasteiger partial charge in [0.1, 0.15) is 11.7 Å². The molecule has 0 fully saturated rings. The molecule has 1 heterocycles. The molecule has 2 aromatic rings. The largest absolute Gasteiger partial charge is 0.478 e. The minimum atomic E-state index is -1.16. The molecule has 0 aliphatic carbocycles. The molecule has 1 aromatic heterocycles. The number of benzene rings is 1. The Kier molecular flexibility index (Phi) is 4.23. The summed E-state index contributed by atoms with van der Waals surface area (Å²) in [6.07, 6.45) is -0.677. The number of rotatable bonds is 5. The first-order chi connectivity index (χ1) is 9.93. The average molecular weight is 288 g/mol. The zero-order chi connectivity index (χ0) is 15.6. The van der Waals surface area contributed by atoms with Crippen molar-refractivity contribution in [1.82, 2.24) is 0 Å². The zero-order valence-corrected chi connectivity index (χ0v) is 12.0. The van der Waals surface area contributed by atoms with Crippen molar-refractivity contribution in [2.75, 3.05) is 7.11 Å². The minimum absolute atomic E-state index is 0.0112. The Labute approximate surface area is 122 Å². The lowest BCUT2D eigenvalue weighted by Crippen LogP contribution is -2.08. The number of carboxylic acids is 1. The van der Waals surface area contributed by atoms with Gasteiger partial charge >= 0.3 is 5.97 Å². The van der Waals surface area contributed by atoms with Gasteiger partial charge in [0.2, 0.25) is 0 Å². The molecule has 5 nitrogen and oxygen atoms in total. The van der Waals surface area contributed by atoms with Crippen molar-refractivity contribution in [3.8, 4) is 0 Å². The van der Waals surface area contributed by atoms with Crippen LogP contribution in [0.25, 0.3) is 0 Å². The number of carboxylic acid groups (broad SMARTS) is 1. The highest BCUT2D eigenvalue weighted by Crippen LogP contribution is 2.31. The van der Waals surface area contributed by atoms with E-state index in [1.165, 1.54) is 20.1 Å². The number of aryl methyl sites for hydroxylation is 1. The number of Topliss-reactive ketones (excluding diaryl/α,β-unsaturated/α-hetero) is 1. The number of carbonyl (C=O) groups is 2. The number of furan rings is 1. The lowest BCUT2D eigenvalue weighted by molar-refractivity contribution is 0.0677. The molecule has 0 radical (unpaired) electrons. The summed E-state index contributed by atoms with van der Waals surface area (Å²) in [4.78, 5) is 22.8. The fourth-order valence-corrected chi connectivity index (χ4v) is 2.17. The van der Waals surface area contributed by atoms with Crippen molar-refractivity contribution in [1.29, 1.82) is 0 Å². The number of ether oxygens (including phenoxy) is 1. The zero-order valence-electron chi connectivity index (χ0n) is 12.0. The van der Waals surface area contributed by atoms with Crippen molar-refractivity contribution < 1.29 is 23.8 Å². The molecular weight excluding hydrogens is 272 g/mol. The molecule has 1 aromatic carbocycles. The Morgan fingerprint density at radius 1 is 1.29 bits per heavy atom. The Balaban J connectivity index is 2.56. The van der Waals surface area contributed by atoms with Gasteiger partial charge in [-0.15, -0.1) is 0 Å².